The third-order valence-electron chi connectivity index (χ3n) is 9.31. The molecule has 1 N–H and O–H groups in total. The standard InChI is InChI=1S/C39H51FN6O7/c1-38(2,3)52-36(48)45-17-15-43(16-18-45)29-20-28(40)21-32(22-29)50-30-9-12-44(13-10-30)35(47)26-7-8-34(33(19-26)27-23-41-42-24-27)51-31-11-14-46(25-31)37(49)53-39(4,5)6/h7-8,19-24,30-31H,9-18,25H2,1-6H3,(H,41,42)/t31-/m0/s1. The fraction of sp³-hybridized carbons (Fsp3) is 0.538. The predicted molar refractivity (Wildman–Crippen MR) is 197 cm³/mol. The number of nitrogens with zero attached hydrogens (tertiary/aromatic N) is 5. The van der Waals surface area contributed by atoms with E-state index in [9.17, 15) is 18.8 Å². The first kappa shape index (κ1) is 37.7. The number of aromatic nitrogens is 2. The lowest BCUT2D eigenvalue weighted by molar-refractivity contribution is 0.0237. The number of piperidine rings is 1. The molecule has 1 aromatic heterocycles. The molecule has 2 aromatic carbocycles. The Morgan fingerprint density at radius 1 is 0.755 bits per heavy atom. The van der Waals surface area contributed by atoms with E-state index in [-0.39, 0.29) is 30.3 Å². The number of piperazine rings is 1. The largest absolute Gasteiger partial charge is 0.490 e. The molecular formula is C39H51FN6O7. The van der Waals surface area contributed by atoms with Crippen molar-refractivity contribution in [1.82, 2.24) is 24.9 Å². The van der Waals surface area contributed by atoms with E-state index < -0.39 is 17.0 Å². The third kappa shape index (κ3) is 9.91. The van der Waals surface area contributed by atoms with Crippen LogP contribution in [0.25, 0.3) is 11.1 Å². The zero-order chi connectivity index (χ0) is 37.9. The number of hydrogen-bond acceptors (Lipinski definition) is 9. The fourth-order valence-electron chi connectivity index (χ4n) is 6.71. The molecule has 3 aliphatic heterocycles. The maximum Gasteiger partial charge on any atom is 0.410 e. The molecule has 3 aliphatic rings. The molecule has 3 saturated heterocycles. The van der Waals surface area contributed by atoms with Gasteiger partial charge in [0.25, 0.3) is 5.91 Å². The number of carbonyl (C=O) groups excluding carboxylic acids is 3. The van der Waals surface area contributed by atoms with E-state index in [1.807, 2.05) is 63.5 Å². The number of benzene rings is 2. The van der Waals surface area contributed by atoms with Crippen LogP contribution >= 0.6 is 0 Å². The summed E-state index contributed by atoms with van der Waals surface area (Å²) in [7, 11) is 0. The lowest BCUT2D eigenvalue weighted by Gasteiger charge is -2.37. The number of amides is 3. The Hall–Kier alpha value is -5.01. The minimum absolute atomic E-state index is 0.102. The van der Waals surface area contributed by atoms with Crippen LogP contribution < -0.4 is 14.4 Å². The smallest absolute Gasteiger partial charge is 0.410 e. The Kier molecular flexibility index (Phi) is 11.1. The molecule has 0 radical (unpaired) electrons. The molecule has 0 saturated carbocycles. The average Bonchev–Trinajstić information content (AvgIpc) is 3.80. The van der Waals surface area contributed by atoms with Gasteiger partial charge < -0.3 is 38.5 Å². The van der Waals surface area contributed by atoms with Gasteiger partial charge in [0.05, 0.1) is 12.7 Å². The number of likely N-dealkylation sites (tertiary alicyclic amines) is 2. The molecule has 0 bridgehead atoms. The Morgan fingerprint density at radius 2 is 1.40 bits per heavy atom. The molecular weight excluding hydrogens is 683 g/mol. The monoisotopic (exact) mass is 734 g/mol. The number of ether oxygens (including phenoxy) is 4. The van der Waals surface area contributed by atoms with E-state index in [0.29, 0.717) is 94.4 Å². The molecule has 1 atom stereocenters. The second-order valence-corrected chi connectivity index (χ2v) is 15.9. The second kappa shape index (κ2) is 15.5. The van der Waals surface area contributed by atoms with Crippen molar-refractivity contribution < 1.29 is 37.7 Å². The van der Waals surface area contributed by atoms with Gasteiger partial charge >= 0.3 is 12.2 Å². The first-order valence-corrected chi connectivity index (χ1v) is 18.4. The minimum atomic E-state index is -0.579. The number of anilines is 1. The number of aromatic amines is 1. The molecule has 3 aromatic rings. The van der Waals surface area contributed by atoms with Crippen LogP contribution in [-0.4, -0.2) is 119 Å². The molecule has 53 heavy (non-hydrogen) atoms. The van der Waals surface area contributed by atoms with Gasteiger partial charge in [0, 0.05) is 106 Å². The van der Waals surface area contributed by atoms with Crippen LogP contribution in [0.3, 0.4) is 0 Å². The highest BCUT2D eigenvalue weighted by atomic mass is 19.1. The molecule has 0 aliphatic carbocycles. The number of hydrogen-bond donors (Lipinski definition) is 1. The van der Waals surface area contributed by atoms with E-state index >= 15 is 0 Å². The van der Waals surface area contributed by atoms with Gasteiger partial charge in [-0.3, -0.25) is 9.89 Å². The van der Waals surface area contributed by atoms with E-state index in [4.69, 9.17) is 18.9 Å². The molecule has 3 fully saturated rings. The van der Waals surface area contributed by atoms with Gasteiger partial charge in [0.2, 0.25) is 0 Å². The molecule has 4 heterocycles. The number of carbonyl (C=O) groups is 3. The van der Waals surface area contributed by atoms with Gasteiger partial charge in [-0.1, -0.05) is 0 Å². The molecule has 3 amide bonds. The molecule has 0 spiro atoms. The van der Waals surface area contributed by atoms with E-state index in [1.54, 1.807) is 34.3 Å². The maximum atomic E-state index is 14.8. The molecule has 0 unspecified atom stereocenters. The number of halogens is 1. The highest BCUT2D eigenvalue weighted by Crippen LogP contribution is 2.34. The third-order valence-corrected chi connectivity index (χ3v) is 9.31. The number of H-pyrrole nitrogens is 1. The van der Waals surface area contributed by atoms with Crippen molar-refractivity contribution in [1.29, 1.82) is 0 Å². The Morgan fingerprint density at radius 3 is 2.04 bits per heavy atom. The highest BCUT2D eigenvalue weighted by molar-refractivity contribution is 5.96. The van der Waals surface area contributed by atoms with Crippen molar-refractivity contribution in [2.24, 2.45) is 0 Å². The van der Waals surface area contributed by atoms with Gasteiger partial charge in [0.1, 0.15) is 40.7 Å². The van der Waals surface area contributed by atoms with Crippen LogP contribution in [0.2, 0.25) is 0 Å². The van der Waals surface area contributed by atoms with Crippen LogP contribution in [0.4, 0.5) is 19.7 Å². The zero-order valence-electron chi connectivity index (χ0n) is 31.5. The summed E-state index contributed by atoms with van der Waals surface area (Å²) in [6.45, 7) is 15.0. The van der Waals surface area contributed by atoms with Gasteiger partial charge in [-0.25, -0.2) is 14.0 Å². The summed E-state index contributed by atoms with van der Waals surface area (Å²) in [4.78, 5) is 46.0. The quantitative estimate of drug-likeness (QED) is 0.296. The fourth-order valence-corrected chi connectivity index (χ4v) is 6.71. The van der Waals surface area contributed by atoms with Crippen LogP contribution in [0.15, 0.2) is 48.8 Å². The van der Waals surface area contributed by atoms with Gasteiger partial charge in [0.15, 0.2) is 0 Å². The summed E-state index contributed by atoms with van der Waals surface area (Å²) in [5, 5.41) is 6.94. The van der Waals surface area contributed by atoms with Crippen molar-refractivity contribution in [2.45, 2.75) is 84.2 Å². The van der Waals surface area contributed by atoms with Gasteiger partial charge in [-0.15, -0.1) is 0 Å². The Balaban J connectivity index is 1.04. The van der Waals surface area contributed by atoms with Crippen LogP contribution in [0.1, 0.15) is 71.2 Å². The van der Waals surface area contributed by atoms with E-state index in [0.717, 1.165) is 11.1 Å². The summed E-state index contributed by atoms with van der Waals surface area (Å²) in [5.74, 6) is 0.547. The topological polar surface area (TPSA) is 130 Å². The predicted octanol–water partition coefficient (Wildman–Crippen LogP) is 6.34. The van der Waals surface area contributed by atoms with Crippen LogP contribution in [0.5, 0.6) is 11.5 Å². The average molecular weight is 735 g/mol. The van der Waals surface area contributed by atoms with Crippen LogP contribution in [-0.2, 0) is 9.47 Å². The van der Waals surface area contributed by atoms with Gasteiger partial charge in [-0.05, 0) is 65.8 Å². The first-order valence-electron chi connectivity index (χ1n) is 18.4. The maximum absolute atomic E-state index is 14.8. The summed E-state index contributed by atoms with van der Waals surface area (Å²) in [6.07, 6.45) is 4.18. The normalized spacial score (nSPS) is 18.6. The van der Waals surface area contributed by atoms with E-state index in [1.165, 1.54) is 12.1 Å². The second-order valence-electron chi connectivity index (χ2n) is 15.9. The summed E-state index contributed by atoms with van der Waals surface area (Å²) < 4.78 is 38.5. The highest BCUT2D eigenvalue weighted by Gasteiger charge is 2.32. The SMILES string of the molecule is CC(C)(C)OC(=O)N1CCN(c2cc(F)cc(OC3CCN(C(=O)c4ccc(O[C@H]5CCN(C(=O)OC(C)(C)C)C5)c(-c5cn[nH]c5)c4)CC3)c2)CC1. The van der Waals surface area contributed by atoms with Crippen molar-refractivity contribution in [2.75, 3.05) is 57.3 Å². The minimum Gasteiger partial charge on any atom is -0.490 e. The van der Waals surface area contributed by atoms with Crippen molar-refractivity contribution in [3.63, 3.8) is 0 Å². The van der Waals surface area contributed by atoms with E-state index in [2.05, 4.69) is 10.2 Å². The lowest BCUT2D eigenvalue weighted by atomic mass is 10.0. The lowest BCUT2D eigenvalue weighted by Crippen LogP contribution is -2.50. The Labute approximate surface area is 310 Å². The number of rotatable bonds is 7. The zero-order valence-corrected chi connectivity index (χ0v) is 31.5. The summed E-state index contributed by atoms with van der Waals surface area (Å²) in [5.41, 5.74) is 1.59. The number of nitrogens with one attached hydrogen (secondary N) is 1. The summed E-state index contributed by atoms with van der Waals surface area (Å²) >= 11 is 0. The molecule has 14 heteroatoms. The van der Waals surface area contributed by atoms with Crippen molar-refractivity contribution in [3.8, 4) is 22.6 Å². The first-order chi connectivity index (χ1) is 25.1. The summed E-state index contributed by atoms with van der Waals surface area (Å²) in [6, 6.07) is 10.1. The van der Waals surface area contributed by atoms with Crippen LogP contribution in [0, 0.1) is 5.82 Å². The van der Waals surface area contributed by atoms with Crippen molar-refractivity contribution >= 4 is 23.8 Å². The van der Waals surface area contributed by atoms with Crippen molar-refractivity contribution in [3.05, 3.63) is 60.2 Å². The molecule has 6 rings (SSSR count). The molecule has 13 nitrogen and oxygen atoms in total. The van der Waals surface area contributed by atoms with Gasteiger partial charge in [-0.2, -0.15) is 5.10 Å². The Bertz CT molecular complexity index is 1760. The molecule has 286 valence electrons.